The van der Waals surface area contributed by atoms with Crippen LogP contribution in [0.25, 0.3) is 0 Å². The van der Waals surface area contributed by atoms with E-state index in [4.69, 9.17) is 4.74 Å². The summed E-state index contributed by atoms with van der Waals surface area (Å²) < 4.78 is 4.72. The van der Waals surface area contributed by atoms with E-state index in [1.807, 2.05) is 0 Å². The van der Waals surface area contributed by atoms with Crippen molar-refractivity contribution in [3.8, 4) is 0 Å². The number of hydrogen-bond donors (Lipinski definition) is 0. The van der Waals surface area contributed by atoms with Gasteiger partial charge in [0.25, 0.3) is 0 Å². The van der Waals surface area contributed by atoms with Gasteiger partial charge in [-0.05, 0) is 40.0 Å². The van der Waals surface area contributed by atoms with Crippen molar-refractivity contribution in [3.05, 3.63) is 18.3 Å². The van der Waals surface area contributed by atoms with Crippen LogP contribution in [0.3, 0.4) is 0 Å². The van der Waals surface area contributed by atoms with E-state index in [0.717, 1.165) is 13.0 Å². The van der Waals surface area contributed by atoms with Gasteiger partial charge in [0.05, 0.1) is 7.11 Å². The summed E-state index contributed by atoms with van der Waals surface area (Å²) in [5, 5.41) is 0. The predicted octanol–water partition coefficient (Wildman–Crippen LogP) is 3.32. The van der Waals surface area contributed by atoms with Gasteiger partial charge in [0.1, 0.15) is 0 Å². The average Bonchev–Trinajstić information content (AvgIpc) is 1.97. The molecule has 0 heterocycles. The van der Waals surface area contributed by atoms with Crippen LogP contribution in [-0.4, -0.2) is 6.61 Å². The Kier molecular flexibility index (Phi) is 6.24. The third-order valence-electron chi connectivity index (χ3n) is 1.94. The summed E-state index contributed by atoms with van der Waals surface area (Å²) in [4.78, 5) is 0. The van der Waals surface area contributed by atoms with E-state index in [1.165, 1.54) is 24.0 Å². The maximum atomic E-state index is 4.72. The van der Waals surface area contributed by atoms with Gasteiger partial charge in [-0.25, -0.2) is 0 Å². The number of ether oxygens (including phenoxy) is 1. The Morgan fingerprint density at radius 1 is 1.18 bits per heavy atom. The third kappa shape index (κ3) is 6.11. The number of rotatable bonds is 5. The van der Waals surface area contributed by atoms with Gasteiger partial charge in [-0.2, -0.15) is 0 Å². The summed E-state index contributed by atoms with van der Waals surface area (Å²) in [5.41, 5.74) is 2.95. The molecule has 0 aromatic rings. The van der Waals surface area contributed by atoms with Crippen LogP contribution in [0.1, 0.15) is 40.0 Å². The van der Waals surface area contributed by atoms with Gasteiger partial charge < -0.3 is 4.74 Å². The minimum Gasteiger partial charge on any atom is -0.379 e. The third-order valence-corrected chi connectivity index (χ3v) is 1.94. The maximum Gasteiger partial charge on any atom is 0.0700 e. The summed E-state index contributed by atoms with van der Waals surface area (Å²) in [6.07, 6.45) is 3.53. The van der Waals surface area contributed by atoms with Crippen molar-refractivity contribution in [2.75, 3.05) is 6.61 Å². The quantitative estimate of drug-likeness (QED) is 0.437. The largest absolute Gasteiger partial charge is 0.379 e. The van der Waals surface area contributed by atoms with Gasteiger partial charge in [-0.3, -0.25) is 0 Å². The highest BCUT2D eigenvalue weighted by Gasteiger charge is 1.92. The Labute approximate surface area is 70.4 Å². The molecule has 0 bridgehead atoms. The van der Waals surface area contributed by atoms with Crippen molar-refractivity contribution < 1.29 is 4.74 Å². The monoisotopic (exact) mass is 155 g/mol. The zero-order valence-corrected chi connectivity index (χ0v) is 7.94. The fourth-order valence-electron chi connectivity index (χ4n) is 0.844. The first-order valence-corrected chi connectivity index (χ1v) is 4.18. The van der Waals surface area contributed by atoms with Crippen LogP contribution in [0.15, 0.2) is 11.1 Å². The molecule has 0 aliphatic heterocycles. The molecule has 1 heteroatoms. The van der Waals surface area contributed by atoms with Gasteiger partial charge in [-0.1, -0.05) is 11.1 Å². The van der Waals surface area contributed by atoms with Gasteiger partial charge in [0, 0.05) is 6.61 Å². The molecule has 1 nitrogen and oxygen atoms in total. The molecule has 0 saturated heterocycles. The Bertz CT molecular complexity index is 121. The highest BCUT2D eigenvalue weighted by molar-refractivity contribution is 5.06. The fraction of sp³-hybridized carbons (Fsp3) is 0.700. The first kappa shape index (κ1) is 10.7. The second-order valence-electron chi connectivity index (χ2n) is 3.15. The predicted molar refractivity (Wildman–Crippen MR) is 49.2 cm³/mol. The highest BCUT2D eigenvalue weighted by atomic mass is 16.5. The molecule has 0 aromatic heterocycles. The Hall–Kier alpha value is -0.300. The molecule has 0 spiro atoms. The normalized spacial score (nSPS) is 9.82. The van der Waals surface area contributed by atoms with E-state index in [1.54, 1.807) is 0 Å². The summed E-state index contributed by atoms with van der Waals surface area (Å²) in [7, 11) is 3.33. The van der Waals surface area contributed by atoms with E-state index < -0.39 is 0 Å². The van der Waals surface area contributed by atoms with E-state index in [9.17, 15) is 0 Å². The molecular formula is C10H19O. The van der Waals surface area contributed by atoms with Gasteiger partial charge in [-0.15, -0.1) is 0 Å². The lowest BCUT2D eigenvalue weighted by Gasteiger charge is -2.02. The minimum atomic E-state index is 0.788. The lowest BCUT2D eigenvalue weighted by atomic mass is 10.1. The van der Waals surface area contributed by atoms with E-state index in [0.29, 0.717) is 0 Å². The Morgan fingerprint density at radius 2 is 1.82 bits per heavy atom. The lowest BCUT2D eigenvalue weighted by Crippen LogP contribution is -1.88. The molecule has 0 aliphatic rings. The van der Waals surface area contributed by atoms with Crippen molar-refractivity contribution in [3.63, 3.8) is 0 Å². The molecule has 1 radical (unpaired) electrons. The molecule has 0 atom stereocenters. The standard InChI is InChI=1S/C10H19O/c1-9(2)10(3)7-5-6-8-11-4/h4-8H2,1-3H3. The molecule has 0 rings (SSSR count). The molecule has 0 amide bonds. The Balaban J connectivity index is 3.32. The molecule has 0 N–H and O–H groups in total. The van der Waals surface area contributed by atoms with Crippen molar-refractivity contribution in [2.45, 2.75) is 40.0 Å². The summed E-state index contributed by atoms with van der Waals surface area (Å²) in [6, 6.07) is 0. The van der Waals surface area contributed by atoms with Crippen molar-refractivity contribution in [2.24, 2.45) is 0 Å². The highest BCUT2D eigenvalue weighted by Crippen LogP contribution is 2.10. The van der Waals surface area contributed by atoms with Crippen molar-refractivity contribution >= 4 is 0 Å². The second-order valence-corrected chi connectivity index (χ2v) is 3.15. The summed E-state index contributed by atoms with van der Waals surface area (Å²) >= 11 is 0. The van der Waals surface area contributed by atoms with Crippen LogP contribution in [0.2, 0.25) is 0 Å². The van der Waals surface area contributed by atoms with Crippen molar-refractivity contribution in [1.29, 1.82) is 0 Å². The summed E-state index contributed by atoms with van der Waals surface area (Å²) in [5.74, 6) is 0. The SMILES string of the molecule is [CH2]OCCCCC(C)=C(C)C. The van der Waals surface area contributed by atoms with Crippen LogP contribution in [0.5, 0.6) is 0 Å². The molecule has 0 fully saturated rings. The second kappa shape index (κ2) is 6.41. The number of hydrogen-bond acceptors (Lipinski definition) is 1. The van der Waals surface area contributed by atoms with Gasteiger partial charge in [0.2, 0.25) is 0 Å². The van der Waals surface area contributed by atoms with Crippen LogP contribution >= 0.6 is 0 Å². The molecule has 0 saturated carbocycles. The van der Waals surface area contributed by atoms with Crippen LogP contribution < -0.4 is 0 Å². The van der Waals surface area contributed by atoms with E-state index >= 15 is 0 Å². The molecule has 0 unspecified atom stereocenters. The minimum absolute atomic E-state index is 0.788. The smallest absolute Gasteiger partial charge is 0.0700 e. The van der Waals surface area contributed by atoms with Gasteiger partial charge >= 0.3 is 0 Å². The van der Waals surface area contributed by atoms with E-state index in [-0.39, 0.29) is 0 Å². The van der Waals surface area contributed by atoms with Crippen molar-refractivity contribution in [1.82, 2.24) is 0 Å². The zero-order valence-electron chi connectivity index (χ0n) is 7.94. The topological polar surface area (TPSA) is 9.23 Å². The number of allylic oxidation sites excluding steroid dienone is 2. The van der Waals surface area contributed by atoms with Crippen LogP contribution in [0.4, 0.5) is 0 Å². The van der Waals surface area contributed by atoms with E-state index in [2.05, 4.69) is 27.9 Å². The zero-order chi connectivity index (χ0) is 8.69. The first-order chi connectivity index (χ1) is 5.18. The molecule has 0 aromatic carbocycles. The molecule has 11 heavy (non-hydrogen) atoms. The first-order valence-electron chi connectivity index (χ1n) is 4.18. The van der Waals surface area contributed by atoms with Gasteiger partial charge in [0.15, 0.2) is 0 Å². The molecule has 0 aliphatic carbocycles. The number of unbranched alkanes of at least 4 members (excludes halogenated alkanes) is 1. The fourth-order valence-corrected chi connectivity index (χ4v) is 0.844. The molecular weight excluding hydrogens is 136 g/mol. The summed E-state index contributed by atoms with van der Waals surface area (Å²) in [6.45, 7) is 7.30. The van der Waals surface area contributed by atoms with Crippen LogP contribution in [-0.2, 0) is 4.74 Å². The maximum absolute atomic E-state index is 4.72. The Morgan fingerprint density at radius 3 is 2.27 bits per heavy atom. The molecule has 65 valence electrons. The lowest BCUT2D eigenvalue weighted by molar-refractivity contribution is 0.235. The van der Waals surface area contributed by atoms with Crippen LogP contribution in [0, 0.1) is 7.11 Å². The average molecular weight is 155 g/mol.